The predicted molar refractivity (Wildman–Crippen MR) is 74.1 cm³/mol. The molecule has 1 saturated carbocycles. The number of hydrogen-bond acceptors (Lipinski definition) is 3. The van der Waals surface area contributed by atoms with Crippen LogP contribution in [0.25, 0.3) is 0 Å². The highest BCUT2D eigenvalue weighted by atomic mass is 32.2. The molecule has 1 heterocycles. The van der Waals surface area contributed by atoms with Crippen LogP contribution in [0.2, 0.25) is 0 Å². The van der Waals surface area contributed by atoms with Gasteiger partial charge in [-0.05, 0) is 31.6 Å². The fourth-order valence-corrected chi connectivity index (χ4v) is 3.83. The number of carbonyl (C=O) groups excluding carboxylic acids is 1. The van der Waals surface area contributed by atoms with Crippen molar-refractivity contribution in [3.8, 4) is 0 Å². The Balaban J connectivity index is 2.11. The van der Waals surface area contributed by atoms with E-state index in [0.717, 1.165) is 38.5 Å². The monoisotopic (exact) mass is 288 g/mol. The lowest BCUT2D eigenvalue weighted by Gasteiger charge is -2.59. The van der Waals surface area contributed by atoms with Gasteiger partial charge in [-0.3, -0.25) is 4.79 Å². The molecule has 1 saturated heterocycles. The molecule has 2 unspecified atom stereocenters. The van der Waals surface area contributed by atoms with Crippen LogP contribution in [0.1, 0.15) is 46.0 Å². The highest BCUT2D eigenvalue weighted by Crippen LogP contribution is 2.47. The Morgan fingerprint density at radius 1 is 1.37 bits per heavy atom. The second kappa shape index (κ2) is 5.05. The summed E-state index contributed by atoms with van der Waals surface area (Å²) in [4.78, 5) is 14.5. The molecule has 19 heavy (non-hydrogen) atoms. The van der Waals surface area contributed by atoms with E-state index in [1.54, 1.807) is 0 Å². The first-order valence-corrected chi connectivity index (χ1v) is 8.97. The molecule has 2 rings (SSSR count). The number of nitrogens with zero attached hydrogens (tertiary/aromatic N) is 1. The Morgan fingerprint density at radius 3 is 2.32 bits per heavy atom. The van der Waals surface area contributed by atoms with Crippen LogP contribution in [-0.2, 0) is 14.8 Å². The Bertz CT molecular complexity index is 451. The summed E-state index contributed by atoms with van der Waals surface area (Å²) in [6.45, 7) is 4.68. The molecule has 0 radical (unpaired) electrons. The molecule has 0 bridgehead atoms. The maximum atomic E-state index is 12.6. The van der Waals surface area contributed by atoms with E-state index in [1.165, 1.54) is 6.42 Å². The molecule has 6 heteroatoms. The summed E-state index contributed by atoms with van der Waals surface area (Å²) >= 11 is 0. The van der Waals surface area contributed by atoms with Crippen molar-refractivity contribution in [1.29, 1.82) is 0 Å². The van der Waals surface area contributed by atoms with Crippen molar-refractivity contribution < 1.29 is 13.2 Å². The standard InChI is InChI=1S/C13H24N2O3S/c1-4-10(2)11(14-19(3,17)18)12(16)15-9-8-13(15)6-5-7-13/h10-11,14H,4-9H2,1-3H3. The zero-order chi connectivity index (χ0) is 14.3. The van der Waals surface area contributed by atoms with E-state index in [1.807, 2.05) is 18.7 Å². The lowest BCUT2D eigenvalue weighted by Crippen LogP contribution is -2.69. The summed E-state index contributed by atoms with van der Waals surface area (Å²) in [5.41, 5.74) is 0.0714. The van der Waals surface area contributed by atoms with Crippen LogP contribution >= 0.6 is 0 Å². The van der Waals surface area contributed by atoms with Crippen LogP contribution in [0.3, 0.4) is 0 Å². The third-order valence-electron chi connectivity index (χ3n) is 4.74. The van der Waals surface area contributed by atoms with E-state index in [2.05, 4.69) is 4.72 Å². The van der Waals surface area contributed by atoms with E-state index in [4.69, 9.17) is 0 Å². The number of nitrogens with one attached hydrogen (secondary N) is 1. The zero-order valence-corrected chi connectivity index (χ0v) is 12.8. The van der Waals surface area contributed by atoms with Gasteiger partial charge >= 0.3 is 0 Å². The molecule has 110 valence electrons. The van der Waals surface area contributed by atoms with Gasteiger partial charge in [-0.25, -0.2) is 13.1 Å². The fraction of sp³-hybridized carbons (Fsp3) is 0.923. The van der Waals surface area contributed by atoms with Crippen molar-refractivity contribution in [2.75, 3.05) is 12.8 Å². The number of hydrogen-bond donors (Lipinski definition) is 1. The smallest absolute Gasteiger partial charge is 0.241 e. The average Bonchev–Trinajstić information content (AvgIpc) is 2.20. The third kappa shape index (κ3) is 2.79. The highest BCUT2D eigenvalue weighted by molar-refractivity contribution is 7.88. The molecule has 2 aliphatic rings. The van der Waals surface area contributed by atoms with E-state index in [9.17, 15) is 13.2 Å². The minimum atomic E-state index is -3.36. The Labute approximate surface area is 115 Å². The van der Waals surface area contributed by atoms with E-state index in [-0.39, 0.29) is 17.4 Å². The van der Waals surface area contributed by atoms with Crippen molar-refractivity contribution in [3.63, 3.8) is 0 Å². The minimum absolute atomic E-state index is 0.0138. The summed E-state index contributed by atoms with van der Waals surface area (Å²) in [5.74, 6) is -0.0225. The largest absolute Gasteiger partial charge is 0.335 e. The minimum Gasteiger partial charge on any atom is -0.335 e. The van der Waals surface area contributed by atoms with Crippen molar-refractivity contribution >= 4 is 15.9 Å². The summed E-state index contributed by atoms with van der Waals surface area (Å²) in [5, 5.41) is 0. The molecule has 1 spiro atoms. The van der Waals surface area contributed by atoms with Gasteiger partial charge in [0.25, 0.3) is 0 Å². The molecule has 2 atom stereocenters. The predicted octanol–water partition coefficient (Wildman–Crippen LogP) is 1.11. The summed E-state index contributed by atoms with van der Waals surface area (Å²) in [6.07, 6.45) is 6.29. The second-order valence-corrected chi connectivity index (χ2v) is 7.85. The number of carbonyl (C=O) groups is 1. The first-order chi connectivity index (χ1) is 8.79. The van der Waals surface area contributed by atoms with Gasteiger partial charge in [0, 0.05) is 12.1 Å². The van der Waals surface area contributed by atoms with Crippen molar-refractivity contribution in [3.05, 3.63) is 0 Å². The summed E-state index contributed by atoms with van der Waals surface area (Å²) in [7, 11) is -3.36. The van der Waals surface area contributed by atoms with E-state index < -0.39 is 16.1 Å². The molecule has 0 aromatic heterocycles. The Hall–Kier alpha value is -0.620. The first kappa shape index (κ1) is 14.8. The van der Waals surface area contributed by atoms with Crippen molar-refractivity contribution in [1.82, 2.24) is 9.62 Å². The van der Waals surface area contributed by atoms with Gasteiger partial charge in [0.05, 0.1) is 6.26 Å². The van der Waals surface area contributed by atoms with Crippen LogP contribution in [0.15, 0.2) is 0 Å². The number of sulfonamides is 1. The third-order valence-corrected chi connectivity index (χ3v) is 5.43. The summed E-state index contributed by atoms with van der Waals surface area (Å²) < 4.78 is 25.4. The molecule has 0 aromatic carbocycles. The van der Waals surface area contributed by atoms with Crippen molar-refractivity contribution in [2.45, 2.75) is 57.5 Å². The molecule has 1 amide bonds. The van der Waals surface area contributed by atoms with Crippen molar-refractivity contribution in [2.24, 2.45) is 5.92 Å². The number of likely N-dealkylation sites (tertiary alicyclic amines) is 1. The Kier molecular flexibility index (Phi) is 3.93. The first-order valence-electron chi connectivity index (χ1n) is 7.08. The molecular weight excluding hydrogens is 264 g/mol. The van der Waals surface area contributed by atoms with Gasteiger partial charge in [0.1, 0.15) is 6.04 Å². The topological polar surface area (TPSA) is 66.5 Å². The van der Waals surface area contributed by atoms with Gasteiger partial charge in [-0.2, -0.15) is 0 Å². The Morgan fingerprint density at radius 2 is 2.00 bits per heavy atom. The molecule has 0 aromatic rings. The lowest BCUT2D eigenvalue weighted by molar-refractivity contribution is -0.158. The lowest BCUT2D eigenvalue weighted by atomic mass is 9.67. The fourth-order valence-electron chi connectivity index (χ4n) is 3.03. The molecular formula is C13H24N2O3S. The molecule has 2 fully saturated rings. The van der Waals surface area contributed by atoms with Gasteiger partial charge < -0.3 is 4.90 Å². The quantitative estimate of drug-likeness (QED) is 0.824. The number of amides is 1. The van der Waals surface area contributed by atoms with Gasteiger partial charge in [0.2, 0.25) is 15.9 Å². The van der Waals surface area contributed by atoms with Crippen LogP contribution < -0.4 is 4.72 Å². The van der Waals surface area contributed by atoms with Crippen LogP contribution in [0, 0.1) is 5.92 Å². The van der Waals surface area contributed by atoms with Gasteiger partial charge in [-0.15, -0.1) is 0 Å². The molecule has 1 aliphatic heterocycles. The van der Waals surface area contributed by atoms with Crippen LogP contribution in [0.5, 0.6) is 0 Å². The summed E-state index contributed by atoms with van der Waals surface area (Å²) in [6, 6.07) is -0.613. The van der Waals surface area contributed by atoms with Gasteiger partial charge in [0.15, 0.2) is 0 Å². The SMILES string of the molecule is CCC(C)C(NS(C)(=O)=O)C(=O)N1CCC12CCC2. The van der Waals surface area contributed by atoms with Crippen LogP contribution in [-0.4, -0.2) is 43.6 Å². The van der Waals surface area contributed by atoms with E-state index in [0.29, 0.717) is 0 Å². The average molecular weight is 288 g/mol. The van der Waals surface area contributed by atoms with Gasteiger partial charge in [-0.1, -0.05) is 20.3 Å². The highest BCUT2D eigenvalue weighted by Gasteiger charge is 2.52. The molecule has 5 nitrogen and oxygen atoms in total. The molecule has 1 aliphatic carbocycles. The van der Waals surface area contributed by atoms with Crippen LogP contribution in [0.4, 0.5) is 0 Å². The zero-order valence-electron chi connectivity index (χ0n) is 12.0. The maximum Gasteiger partial charge on any atom is 0.241 e. The normalized spacial score (nSPS) is 24.5. The van der Waals surface area contributed by atoms with E-state index >= 15 is 0 Å². The second-order valence-electron chi connectivity index (χ2n) is 6.07. The maximum absolute atomic E-state index is 12.6. The molecule has 1 N–H and O–H groups in total. The number of rotatable bonds is 5.